The quantitative estimate of drug-likeness (QED) is 0.673. The van der Waals surface area contributed by atoms with Crippen LogP contribution < -0.4 is 5.32 Å². The zero-order chi connectivity index (χ0) is 20.1. The Morgan fingerprint density at radius 3 is 2.38 bits per heavy atom. The number of nitrogens with one attached hydrogen (secondary N) is 1. The van der Waals surface area contributed by atoms with Gasteiger partial charge in [0.15, 0.2) is 0 Å². The summed E-state index contributed by atoms with van der Waals surface area (Å²) in [5.74, 6) is 0.0525. The molecule has 150 valence electrons. The fourth-order valence-electron chi connectivity index (χ4n) is 3.56. The van der Waals surface area contributed by atoms with Crippen molar-refractivity contribution in [2.45, 2.75) is 19.5 Å². The van der Waals surface area contributed by atoms with Crippen molar-refractivity contribution in [3.63, 3.8) is 0 Å². The number of para-hydroxylation sites is 1. The van der Waals surface area contributed by atoms with Gasteiger partial charge in [0.05, 0.1) is 11.7 Å². The number of aromatic nitrogens is 1. The van der Waals surface area contributed by atoms with Crippen LogP contribution in [0.1, 0.15) is 12.6 Å². The van der Waals surface area contributed by atoms with Crippen LogP contribution in [-0.4, -0.2) is 52.9 Å². The Kier molecular flexibility index (Phi) is 6.34. The number of anilines is 1. The molecule has 1 amide bonds. The summed E-state index contributed by atoms with van der Waals surface area (Å²) < 4.78 is 0. The fraction of sp³-hybridized carbons (Fsp3) is 0.304. The molecule has 6 heteroatoms. The normalized spacial score (nSPS) is 16.4. The highest BCUT2D eigenvalue weighted by atomic mass is 32.1. The number of nitrogens with zero attached hydrogens (tertiary/aromatic N) is 3. The highest BCUT2D eigenvalue weighted by Crippen LogP contribution is 2.24. The number of hydrogen-bond donors (Lipinski definition) is 1. The van der Waals surface area contributed by atoms with Crippen molar-refractivity contribution < 1.29 is 4.79 Å². The monoisotopic (exact) mass is 406 g/mol. The third kappa shape index (κ3) is 5.09. The molecule has 3 aromatic rings. The summed E-state index contributed by atoms with van der Waals surface area (Å²) in [7, 11) is 0. The number of benzene rings is 2. The van der Waals surface area contributed by atoms with Crippen molar-refractivity contribution in [3.05, 3.63) is 71.7 Å². The van der Waals surface area contributed by atoms with E-state index in [4.69, 9.17) is 4.98 Å². The topological polar surface area (TPSA) is 48.5 Å². The summed E-state index contributed by atoms with van der Waals surface area (Å²) in [5.41, 5.74) is 3.14. The maximum atomic E-state index is 12.5. The number of rotatable bonds is 6. The second-order valence-electron chi connectivity index (χ2n) is 7.35. The first kappa shape index (κ1) is 19.8. The first-order valence-corrected chi connectivity index (χ1v) is 10.9. The van der Waals surface area contributed by atoms with Crippen LogP contribution in [0.4, 0.5) is 5.69 Å². The summed E-state index contributed by atoms with van der Waals surface area (Å²) in [6.07, 6.45) is 0. The van der Waals surface area contributed by atoms with Gasteiger partial charge in [0.2, 0.25) is 5.91 Å². The van der Waals surface area contributed by atoms with Crippen molar-refractivity contribution in [1.29, 1.82) is 0 Å². The molecule has 29 heavy (non-hydrogen) atoms. The average molecular weight is 407 g/mol. The molecule has 0 aliphatic carbocycles. The molecule has 0 spiro atoms. The smallest absolute Gasteiger partial charge is 0.241 e. The minimum Gasteiger partial charge on any atom is -0.325 e. The molecule has 0 bridgehead atoms. The van der Waals surface area contributed by atoms with Gasteiger partial charge in [0, 0.05) is 49.4 Å². The van der Waals surface area contributed by atoms with E-state index in [9.17, 15) is 4.79 Å². The van der Waals surface area contributed by atoms with Gasteiger partial charge in [-0.3, -0.25) is 14.6 Å². The maximum Gasteiger partial charge on any atom is 0.241 e. The van der Waals surface area contributed by atoms with Gasteiger partial charge in [-0.05, 0) is 19.1 Å². The van der Waals surface area contributed by atoms with Crippen molar-refractivity contribution >= 4 is 22.9 Å². The molecule has 1 unspecified atom stereocenters. The van der Waals surface area contributed by atoms with E-state index >= 15 is 0 Å². The fourth-order valence-corrected chi connectivity index (χ4v) is 4.38. The first-order chi connectivity index (χ1) is 14.2. The highest BCUT2D eigenvalue weighted by molar-refractivity contribution is 7.13. The van der Waals surface area contributed by atoms with Crippen LogP contribution in [0.5, 0.6) is 0 Å². The minimum atomic E-state index is -0.138. The van der Waals surface area contributed by atoms with Crippen molar-refractivity contribution in [1.82, 2.24) is 14.8 Å². The highest BCUT2D eigenvalue weighted by Gasteiger charge is 2.26. The molecule has 1 aliphatic heterocycles. The van der Waals surface area contributed by atoms with Crippen molar-refractivity contribution in [2.75, 3.05) is 31.5 Å². The molecule has 1 atom stereocenters. The molecule has 1 N–H and O–H groups in total. The molecule has 1 fully saturated rings. The van der Waals surface area contributed by atoms with Gasteiger partial charge in [0.25, 0.3) is 0 Å². The molecule has 1 aliphatic rings. The number of thiazole rings is 1. The Morgan fingerprint density at radius 2 is 1.69 bits per heavy atom. The third-order valence-electron chi connectivity index (χ3n) is 5.33. The second-order valence-corrected chi connectivity index (χ2v) is 8.21. The number of amides is 1. The molecule has 1 aromatic heterocycles. The van der Waals surface area contributed by atoms with E-state index in [2.05, 4.69) is 32.6 Å². The molecule has 0 radical (unpaired) electrons. The molecule has 0 saturated carbocycles. The summed E-state index contributed by atoms with van der Waals surface area (Å²) in [5, 5.41) is 6.24. The van der Waals surface area contributed by atoms with E-state index < -0.39 is 0 Å². The van der Waals surface area contributed by atoms with Crippen LogP contribution in [0.15, 0.2) is 66.0 Å². The summed E-state index contributed by atoms with van der Waals surface area (Å²) >= 11 is 1.70. The standard InChI is InChI=1S/C23H26N4OS/c1-18(22(28)24-20-10-6-3-7-11-20)27-14-12-26(13-15-27)16-21-17-29-23(25-21)19-8-4-2-5-9-19/h2-11,17-18H,12-16H2,1H3,(H,24,28). The minimum absolute atomic E-state index is 0.0525. The molecular weight excluding hydrogens is 380 g/mol. The van der Waals surface area contributed by atoms with E-state index in [-0.39, 0.29) is 11.9 Å². The first-order valence-electron chi connectivity index (χ1n) is 10.0. The van der Waals surface area contributed by atoms with Crippen LogP contribution in [0.25, 0.3) is 10.6 Å². The van der Waals surface area contributed by atoms with Gasteiger partial charge >= 0.3 is 0 Å². The van der Waals surface area contributed by atoms with Gasteiger partial charge in [-0.25, -0.2) is 4.98 Å². The van der Waals surface area contributed by atoms with Crippen LogP contribution in [0.3, 0.4) is 0 Å². The largest absolute Gasteiger partial charge is 0.325 e. The lowest BCUT2D eigenvalue weighted by Crippen LogP contribution is -2.52. The Morgan fingerprint density at radius 1 is 1.03 bits per heavy atom. The predicted octanol–water partition coefficient (Wildman–Crippen LogP) is 3.95. The molecule has 1 saturated heterocycles. The van der Waals surface area contributed by atoms with Gasteiger partial charge in [-0.2, -0.15) is 0 Å². The number of carbonyl (C=O) groups excluding carboxylic acids is 1. The van der Waals surface area contributed by atoms with Crippen LogP contribution in [0, 0.1) is 0 Å². The lowest BCUT2D eigenvalue weighted by molar-refractivity contribution is -0.121. The summed E-state index contributed by atoms with van der Waals surface area (Å²) in [6, 6.07) is 19.8. The number of piperazine rings is 1. The number of carbonyl (C=O) groups is 1. The van der Waals surface area contributed by atoms with Crippen molar-refractivity contribution in [2.24, 2.45) is 0 Å². The molecule has 4 rings (SSSR count). The zero-order valence-electron chi connectivity index (χ0n) is 16.6. The Labute approximate surface area is 176 Å². The van der Waals surface area contributed by atoms with E-state index in [0.29, 0.717) is 0 Å². The summed E-state index contributed by atoms with van der Waals surface area (Å²) in [6.45, 7) is 6.52. The van der Waals surface area contributed by atoms with Gasteiger partial charge in [-0.1, -0.05) is 48.5 Å². The van der Waals surface area contributed by atoms with E-state index in [0.717, 1.165) is 49.1 Å². The Balaban J connectivity index is 1.27. The molecule has 2 heterocycles. The Hall–Kier alpha value is -2.54. The van der Waals surface area contributed by atoms with E-state index in [1.54, 1.807) is 11.3 Å². The number of hydrogen-bond acceptors (Lipinski definition) is 5. The third-order valence-corrected chi connectivity index (χ3v) is 6.27. The zero-order valence-corrected chi connectivity index (χ0v) is 17.4. The van der Waals surface area contributed by atoms with Gasteiger partial charge < -0.3 is 5.32 Å². The summed E-state index contributed by atoms with van der Waals surface area (Å²) in [4.78, 5) is 22.0. The van der Waals surface area contributed by atoms with E-state index in [1.807, 2.05) is 55.5 Å². The lowest BCUT2D eigenvalue weighted by Gasteiger charge is -2.37. The van der Waals surface area contributed by atoms with Crippen LogP contribution in [-0.2, 0) is 11.3 Å². The predicted molar refractivity (Wildman–Crippen MR) is 119 cm³/mol. The maximum absolute atomic E-state index is 12.5. The van der Waals surface area contributed by atoms with E-state index in [1.165, 1.54) is 5.56 Å². The van der Waals surface area contributed by atoms with Crippen LogP contribution >= 0.6 is 11.3 Å². The molecular formula is C23H26N4OS. The Bertz CT molecular complexity index is 920. The van der Waals surface area contributed by atoms with Gasteiger partial charge in [-0.15, -0.1) is 11.3 Å². The molecule has 2 aromatic carbocycles. The van der Waals surface area contributed by atoms with Crippen LogP contribution in [0.2, 0.25) is 0 Å². The molecule has 5 nitrogen and oxygen atoms in total. The second kappa shape index (κ2) is 9.31. The van der Waals surface area contributed by atoms with Crippen molar-refractivity contribution in [3.8, 4) is 10.6 Å². The average Bonchev–Trinajstić information content (AvgIpc) is 3.23. The SMILES string of the molecule is CC(C(=O)Nc1ccccc1)N1CCN(Cc2csc(-c3ccccc3)n2)CC1. The van der Waals surface area contributed by atoms with Gasteiger partial charge in [0.1, 0.15) is 5.01 Å². The lowest BCUT2D eigenvalue weighted by atomic mass is 10.2.